The SMILES string of the molecule is Cc1cc(C)n(Cc2ccc(C(=O)NCc3ccc(N(C)C)cc3)o2)n1. The normalized spacial score (nSPS) is 10.8. The molecule has 1 amide bonds. The molecule has 1 aromatic carbocycles. The molecule has 2 aromatic heterocycles. The maximum absolute atomic E-state index is 12.3. The molecule has 3 rings (SSSR count). The van der Waals surface area contributed by atoms with Crippen molar-refractivity contribution < 1.29 is 9.21 Å². The van der Waals surface area contributed by atoms with Gasteiger partial charge in [-0.2, -0.15) is 5.10 Å². The Labute approximate surface area is 153 Å². The predicted octanol–water partition coefficient (Wildman–Crippen LogP) is 3.14. The zero-order chi connectivity index (χ0) is 18.7. The van der Waals surface area contributed by atoms with Gasteiger partial charge in [-0.25, -0.2) is 0 Å². The lowest BCUT2D eigenvalue weighted by atomic mass is 10.2. The molecule has 0 atom stereocenters. The van der Waals surface area contributed by atoms with Crippen molar-refractivity contribution in [2.45, 2.75) is 26.9 Å². The maximum Gasteiger partial charge on any atom is 0.287 e. The van der Waals surface area contributed by atoms with Crippen LogP contribution in [0.25, 0.3) is 0 Å². The van der Waals surface area contributed by atoms with Crippen molar-refractivity contribution in [2.75, 3.05) is 19.0 Å². The Morgan fingerprint density at radius 2 is 1.88 bits per heavy atom. The predicted molar refractivity (Wildman–Crippen MR) is 101 cm³/mol. The van der Waals surface area contributed by atoms with E-state index in [9.17, 15) is 4.79 Å². The summed E-state index contributed by atoms with van der Waals surface area (Å²) in [6.45, 7) is 4.92. The quantitative estimate of drug-likeness (QED) is 0.740. The Bertz CT molecular complexity index is 891. The number of hydrogen-bond acceptors (Lipinski definition) is 4. The van der Waals surface area contributed by atoms with Crippen LogP contribution in [0, 0.1) is 13.8 Å². The first kappa shape index (κ1) is 17.8. The van der Waals surface area contributed by atoms with Gasteiger partial charge in [0.1, 0.15) is 5.76 Å². The Kier molecular flexibility index (Phi) is 5.11. The van der Waals surface area contributed by atoms with Crippen LogP contribution in [-0.2, 0) is 13.1 Å². The fourth-order valence-electron chi connectivity index (χ4n) is 2.75. The zero-order valence-corrected chi connectivity index (χ0v) is 15.6. The average molecular weight is 352 g/mol. The number of anilines is 1. The summed E-state index contributed by atoms with van der Waals surface area (Å²) in [5, 5.41) is 7.30. The second-order valence-electron chi connectivity index (χ2n) is 6.59. The second-order valence-corrected chi connectivity index (χ2v) is 6.59. The van der Waals surface area contributed by atoms with E-state index in [0.717, 1.165) is 22.6 Å². The van der Waals surface area contributed by atoms with Gasteiger partial charge in [0.25, 0.3) is 5.91 Å². The largest absolute Gasteiger partial charge is 0.454 e. The van der Waals surface area contributed by atoms with Crippen molar-refractivity contribution in [3.05, 3.63) is 70.9 Å². The van der Waals surface area contributed by atoms with Crippen molar-refractivity contribution in [3.8, 4) is 0 Å². The molecular formula is C20H24N4O2. The van der Waals surface area contributed by atoms with Gasteiger partial charge in [-0.3, -0.25) is 9.48 Å². The topological polar surface area (TPSA) is 63.3 Å². The van der Waals surface area contributed by atoms with Gasteiger partial charge in [0.2, 0.25) is 0 Å². The van der Waals surface area contributed by atoms with Crippen LogP contribution in [0.3, 0.4) is 0 Å². The van der Waals surface area contributed by atoms with Crippen molar-refractivity contribution in [3.63, 3.8) is 0 Å². The highest BCUT2D eigenvalue weighted by Crippen LogP contribution is 2.14. The summed E-state index contributed by atoms with van der Waals surface area (Å²) in [4.78, 5) is 14.3. The molecule has 3 aromatic rings. The van der Waals surface area contributed by atoms with E-state index < -0.39 is 0 Å². The van der Waals surface area contributed by atoms with Crippen molar-refractivity contribution in [1.29, 1.82) is 0 Å². The number of amides is 1. The highest BCUT2D eigenvalue weighted by molar-refractivity contribution is 5.91. The van der Waals surface area contributed by atoms with Gasteiger partial charge in [-0.05, 0) is 49.7 Å². The first-order valence-corrected chi connectivity index (χ1v) is 8.56. The summed E-state index contributed by atoms with van der Waals surface area (Å²) in [6, 6.07) is 13.6. The number of nitrogens with zero attached hydrogens (tertiary/aromatic N) is 3. The van der Waals surface area contributed by atoms with E-state index in [0.29, 0.717) is 24.6 Å². The number of carbonyl (C=O) groups excluding carboxylic acids is 1. The Hall–Kier alpha value is -3.02. The zero-order valence-electron chi connectivity index (χ0n) is 15.6. The molecule has 0 aliphatic rings. The number of carbonyl (C=O) groups is 1. The van der Waals surface area contributed by atoms with Gasteiger partial charge in [-0.1, -0.05) is 12.1 Å². The minimum absolute atomic E-state index is 0.221. The molecule has 1 N–H and O–H groups in total. The van der Waals surface area contributed by atoms with E-state index >= 15 is 0 Å². The summed E-state index contributed by atoms with van der Waals surface area (Å²) >= 11 is 0. The lowest BCUT2D eigenvalue weighted by molar-refractivity contribution is 0.0921. The van der Waals surface area contributed by atoms with Crippen LogP contribution in [0.4, 0.5) is 5.69 Å². The van der Waals surface area contributed by atoms with Gasteiger partial charge in [-0.15, -0.1) is 0 Å². The van der Waals surface area contributed by atoms with Crippen LogP contribution in [0.15, 0.2) is 46.9 Å². The average Bonchev–Trinajstić information content (AvgIpc) is 3.20. The molecule has 0 aliphatic heterocycles. The molecule has 0 radical (unpaired) electrons. The molecule has 0 spiro atoms. The fraction of sp³-hybridized carbons (Fsp3) is 0.300. The number of aryl methyl sites for hydroxylation is 2. The molecule has 0 saturated carbocycles. The molecule has 0 bridgehead atoms. The number of rotatable bonds is 6. The van der Waals surface area contributed by atoms with Crippen LogP contribution in [-0.4, -0.2) is 29.8 Å². The second kappa shape index (κ2) is 7.47. The maximum atomic E-state index is 12.3. The molecular weight excluding hydrogens is 328 g/mol. The van der Waals surface area contributed by atoms with E-state index in [1.165, 1.54) is 0 Å². The van der Waals surface area contributed by atoms with Crippen LogP contribution in [0.5, 0.6) is 0 Å². The number of furan rings is 1. The van der Waals surface area contributed by atoms with Gasteiger partial charge in [0.15, 0.2) is 5.76 Å². The molecule has 2 heterocycles. The Morgan fingerprint density at radius 3 is 2.50 bits per heavy atom. The van der Waals surface area contributed by atoms with Crippen molar-refractivity contribution in [2.24, 2.45) is 0 Å². The number of aromatic nitrogens is 2. The number of hydrogen-bond donors (Lipinski definition) is 1. The monoisotopic (exact) mass is 352 g/mol. The van der Waals surface area contributed by atoms with E-state index in [1.54, 1.807) is 6.07 Å². The third kappa shape index (κ3) is 4.14. The number of nitrogens with one attached hydrogen (secondary N) is 1. The molecule has 0 unspecified atom stereocenters. The van der Waals surface area contributed by atoms with Crippen molar-refractivity contribution in [1.82, 2.24) is 15.1 Å². The van der Waals surface area contributed by atoms with E-state index in [1.807, 2.05) is 73.9 Å². The summed E-state index contributed by atoms with van der Waals surface area (Å²) in [5.74, 6) is 0.796. The highest BCUT2D eigenvalue weighted by Gasteiger charge is 2.12. The van der Waals surface area contributed by atoms with Crippen LogP contribution < -0.4 is 10.2 Å². The first-order chi connectivity index (χ1) is 12.4. The lowest BCUT2D eigenvalue weighted by Gasteiger charge is -2.12. The standard InChI is InChI=1S/C20H24N4O2/c1-14-11-15(2)24(22-14)13-18-9-10-19(26-18)20(25)21-12-16-5-7-17(8-6-16)23(3)4/h5-11H,12-13H2,1-4H3,(H,21,25). The van der Waals surface area contributed by atoms with E-state index in [-0.39, 0.29) is 5.91 Å². The van der Waals surface area contributed by atoms with Gasteiger partial charge < -0.3 is 14.6 Å². The minimum atomic E-state index is -0.221. The van der Waals surface area contributed by atoms with Crippen molar-refractivity contribution >= 4 is 11.6 Å². The fourth-order valence-corrected chi connectivity index (χ4v) is 2.75. The Morgan fingerprint density at radius 1 is 1.15 bits per heavy atom. The molecule has 0 fully saturated rings. The van der Waals surface area contributed by atoms with E-state index in [2.05, 4.69) is 10.4 Å². The number of benzene rings is 1. The van der Waals surface area contributed by atoms with Gasteiger partial charge in [0, 0.05) is 32.0 Å². The van der Waals surface area contributed by atoms with Crippen LogP contribution in [0.2, 0.25) is 0 Å². The minimum Gasteiger partial charge on any atom is -0.454 e. The molecule has 6 nitrogen and oxygen atoms in total. The third-order valence-corrected chi connectivity index (χ3v) is 4.20. The first-order valence-electron chi connectivity index (χ1n) is 8.56. The van der Waals surface area contributed by atoms with E-state index in [4.69, 9.17) is 4.42 Å². The highest BCUT2D eigenvalue weighted by atomic mass is 16.4. The van der Waals surface area contributed by atoms with Crippen LogP contribution in [0.1, 0.15) is 33.3 Å². The molecule has 26 heavy (non-hydrogen) atoms. The summed E-state index contributed by atoms with van der Waals surface area (Å²) in [7, 11) is 3.99. The van der Waals surface area contributed by atoms with Crippen LogP contribution >= 0.6 is 0 Å². The molecule has 0 aliphatic carbocycles. The summed E-state index contributed by atoms with van der Waals surface area (Å²) in [5.41, 5.74) is 4.19. The van der Waals surface area contributed by atoms with Gasteiger partial charge >= 0.3 is 0 Å². The summed E-state index contributed by atoms with van der Waals surface area (Å²) in [6.07, 6.45) is 0. The molecule has 136 valence electrons. The lowest BCUT2D eigenvalue weighted by Crippen LogP contribution is -2.22. The third-order valence-electron chi connectivity index (χ3n) is 4.20. The smallest absolute Gasteiger partial charge is 0.287 e. The summed E-state index contributed by atoms with van der Waals surface area (Å²) < 4.78 is 7.54. The van der Waals surface area contributed by atoms with Gasteiger partial charge in [0.05, 0.1) is 12.2 Å². The Balaban J connectivity index is 1.58. The molecule has 0 saturated heterocycles. The molecule has 6 heteroatoms.